The maximum absolute atomic E-state index is 14.2. The number of fused-ring (bicyclic) bond motifs is 1. The molecule has 36 heavy (non-hydrogen) atoms. The molecule has 6 rings (SSSR count). The zero-order valence-corrected chi connectivity index (χ0v) is 20.8. The van der Waals surface area contributed by atoms with E-state index in [9.17, 15) is 22.8 Å². The van der Waals surface area contributed by atoms with Crippen molar-refractivity contribution in [2.75, 3.05) is 19.5 Å². The Kier molecular flexibility index (Phi) is 5.43. The van der Waals surface area contributed by atoms with E-state index in [2.05, 4.69) is 36.3 Å². The van der Waals surface area contributed by atoms with Gasteiger partial charge in [0.05, 0.1) is 35.5 Å². The standard InChI is InChI=1S/C27H30F3N3O3/c1-24(2)18-8-6-5-7-16(18)11-20(24)32-17-9-10-19(31-12-17)21(27(28,29)30)33(3)22(34)25-13-26(14-25,15-25)23(35)36-4/h5-10,12,20-21,32H,11,13-15H2,1-4H3/t20-,21-,25?,26?/m0/s1. The highest BCUT2D eigenvalue weighted by Crippen LogP contribution is 2.74. The van der Waals surface area contributed by atoms with Gasteiger partial charge in [0.25, 0.3) is 0 Å². The molecule has 4 aliphatic rings. The molecule has 1 heterocycles. The number of carbonyl (C=O) groups is 2. The number of anilines is 1. The number of benzene rings is 1. The summed E-state index contributed by atoms with van der Waals surface area (Å²) in [4.78, 5) is 29.9. The molecule has 2 bridgehead atoms. The van der Waals surface area contributed by atoms with Crippen molar-refractivity contribution in [1.29, 1.82) is 0 Å². The summed E-state index contributed by atoms with van der Waals surface area (Å²) >= 11 is 0. The highest BCUT2D eigenvalue weighted by molar-refractivity contribution is 5.94. The first kappa shape index (κ1) is 24.6. The minimum atomic E-state index is -4.70. The molecule has 0 aliphatic heterocycles. The lowest BCUT2D eigenvalue weighted by molar-refractivity contribution is -0.237. The van der Waals surface area contributed by atoms with Gasteiger partial charge in [0.2, 0.25) is 5.91 Å². The molecule has 0 radical (unpaired) electrons. The number of ether oxygens (including phenoxy) is 1. The van der Waals surface area contributed by atoms with Crippen LogP contribution in [0.1, 0.15) is 56.0 Å². The van der Waals surface area contributed by atoms with E-state index in [0.717, 1.165) is 18.4 Å². The van der Waals surface area contributed by atoms with Gasteiger partial charge in [-0.2, -0.15) is 13.2 Å². The lowest BCUT2D eigenvalue weighted by Gasteiger charge is -2.67. The molecule has 0 unspecified atom stereocenters. The SMILES string of the molecule is COC(=O)C12CC(C(=O)N(C)[C@@H](c3ccc(N[C@H]4Cc5ccccc5C4(C)C)cn3)C(F)(F)F)(C1)C2. The van der Waals surface area contributed by atoms with Crippen LogP contribution < -0.4 is 5.32 Å². The number of halogens is 3. The molecule has 1 aromatic heterocycles. The van der Waals surface area contributed by atoms with Gasteiger partial charge in [-0.25, -0.2) is 0 Å². The molecule has 1 amide bonds. The average Bonchev–Trinajstić information content (AvgIpc) is 3.02. The third-order valence-electron chi connectivity index (χ3n) is 8.53. The summed E-state index contributed by atoms with van der Waals surface area (Å²) in [6, 6.07) is 9.04. The van der Waals surface area contributed by atoms with Crippen LogP contribution in [-0.4, -0.2) is 48.1 Å². The predicted octanol–water partition coefficient (Wildman–Crippen LogP) is 4.80. The maximum atomic E-state index is 14.2. The molecular formula is C27H30F3N3O3. The number of hydrogen-bond donors (Lipinski definition) is 1. The van der Waals surface area contributed by atoms with E-state index >= 15 is 0 Å². The molecule has 9 heteroatoms. The highest BCUT2D eigenvalue weighted by Gasteiger charge is 2.76. The Balaban J connectivity index is 1.31. The number of hydrogen-bond acceptors (Lipinski definition) is 5. The minimum Gasteiger partial charge on any atom is -0.469 e. The third kappa shape index (κ3) is 3.58. The number of aromatic nitrogens is 1. The van der Waals surface area contributed by atoms with Crippen LogP contribution in [0, 0.1) is 10.8 Å². The zero-order chi connectivity index (χ0) is 26.1. The van der Waals surface area contributed by atoms with Gasteiger partial charge >= 0.3 is 12.1 Å². The molecule has 1 N–H and O–H groups in total. The average molecular weight is 502 g/mol. The lowest BCUT2D eigenvalue weighted by atomic mass is 9.34. The van der Waals surface area contributed by atoms with Gasteiger partial charge in [0.1, 0.15) is 0 Å². The first-order chi connectivity index (χ1) is 16.8. The molecule has 0 spiro atoms. The Hall–Kier alpha value is -3.10. The summed E-state index contributed by atoms with van der Waals surface area (Å²) in [5, 5.41) is 3.44. The van der Waals surface area contributed by atoms with Crippen LogP contribution >= 0.6 is 0 Å². The summed E-state index contributed by atoms with van der Waals surface area (Å²) in [7, 11) is 2.44. The quantitative estimate of drug-likeness (QED) is 0.576. The molecule has 2 atom stereocenters. The van der Waals surface area contributed by atoms with Crippen LogP contribution in [-0.2, 0) is 26.2 Å². The van der Waals surface area contributed by atoms with Crippen molar-refractivity contribution in [3.05, 3.63) is 59.4 Å². The number of alkyl halides is 3. The predicted molar refractivity (Wildman–Crippen MR) is 127 cm³/mol. The Labute approximate surface area is 208 Å². The van der Waals surface area contributed by atoms with E-state index in [4.69, 9.17) is 4.74 Å². The second-order valence-electron chi connectivity index (χ2n) is 11.2. The van der Waals surface area contributed by atoms with Crippen molar-refractivity contribution < 1.29 is 27.5 Å². The van der Waals surface area contributed by atoms with Crippen LogP contribution in [0.5, 0.6) is 0 Å². The van der Waals surface area contributed by atoms with Gasteiger partial charge in [-0.05, 0) is 48.9 Å². The highest BCUT2D eigenvalue weighted by atomic mass is 19.4. The molecular weight excluding hydrogens is 471 g/mol. The minimum absolute atomic E-state index is 0.0663. The van der Waals surface area contributed by atoms with Crippen LogP contribution in [0.4, 0.5) is 18.9 Å². The second kappa shape index (κ2) is 7.95. The smallest absolute Gasteiger partial charge is 0.414 e. The normalized spacial score (nSPS) is 28.2. The van der Waals surface area contributed by atoms with Gasteiger partial charge in [-0.15, -0.1) is 0 Å². The largest absolute Gasteiger partial charge is 0.469 e. The van der Waals surface area contributed by atoms with E-state index in [-0.39, 0.29) is 36.4 Å². The summed E-state index contributed by atoms with van der Waals surface area (Å²) in [6.07, 6.45) is -1.80. The van der Waals surface area contributed by atoms with Crippen LogP contribution in [0.3, 0.4) is 0 Å². The number of nitrogens with one attached hydrogen (secondary N) is 1. The number of amides is 1. The molecule has 4 aliphatic carbocycles. The fraction of sp³-hybridized carbons (Fsp3) is 0.519. The number of pyridine rings is 1. The summed E-state index contributed by atoms with van der Waals surface area (Å²) in [5.41, 5.74) is 1.11. The molecule has 1 aromatic carbocycles. The number of carbonyl (C=O) groups excluding carboxylic acids is 2. The van der Waals surface area contributed by atoms with E-state index < -0.39 is 34.9 Å². The first-order valence-corrected chi connectivity index (χ1v) is 12.1. The first-order valence-electron chi connectivity index (χ1n) is 12.1. The maximum Gasteiger partial charge on any atom is 0.414 e. The topological polar surface area (TPSA) is 71.5 Å². The van der Waals surface area contributed by atoms with Gasteiger partial charge in [-0.1, -0.05) is 38.1 Å². The second-order valence-corrected chi connectivity index (χ2v) is 11.2. The van der Waals surface area contributed by atoms with Crippen molar-refractivity contribution in [1.82, 2.24) is 9.88 Å². The lowest BCUT2D eigenvalue weighted by Crippen LogP contribution is -2.71. The van der Waals surface area contributed by atoms with Gasteiger partial charge in [0, 0.05) is 18.5 Å². The Morgan fingerprint density at radius 3 is 2.33 bits per heavy atom. The zero-order valence-electron chi connectivity index (χ0n) is 20.8. The van der Waals surface area contributed by atoms with Crippen molar-refractivity contribution >= 4 is 17.6 Å². The number of esters is 1. The Morgan fingerprint density at radius 1 is 1.11 bits per heavy atom. The molecule has 6 nitrogen and oxygen atoms in total. The van der Waals surface area contributed by atoms with E-state index in [1.54, 1.807) is 6.07 Å². The van der Waals surface area contributed by atoms with Crippen molar-refractivity contribution in [3.63, 3.8) is 0 Å². The molecule has 3 saturated carbocycles. The third-order valence-corrected chi connectivity index (χ3v) is 8.53. The fourth-order valence-corrected chi connectivity index (χ4v) is 6.60. The van der Waals surface area contributed by atoms with Gasteiger partial charge in [0.15, 0.2) is 6.04 Å². The van der Waals surface area contributed by atoms with Crippen LogP contribution in [0.25, 0.3) is 0 Å². The fourth-order valence-electron chi connectivity index (χ4n) is 6.60. The van der Waals surface area contributed by atoms with E-state index in [0.29, 0.717) is 5.69 Å². The van der Waals surface area contributed by atoms with Crippen LogP contribution in [0.15, 0.2) is 42.6 Å². The number of nitrogens with zero attached hydrogens (tertiary/aromatic N) is 2. The van der Waals surface area contributed by atoms with Crippen molar-refractivity contribution in [3.8, 4) is 0 Å². The number of methoxy groups -OCH3 is 1. The van der Waals surface area contributed by atoms with Crippen molar-refractivity contribution in [2.45, 2.75) is 63.2 Å². The van der Waals surface area contributed by atoms with Crippen LogP contribution in [0.2, 0.25) is 0 Å². The summed E-state index contributed by atoms with van der Waals surface area (Å²) in [6.45, 7) is 4.29. The van der Waals surface area contributed by atoms with Gasteiger partial charge < -0.3 is 15.0 Å². The van der Waals surface area contributed by atoms with Gasteiger partial charge in [-0.3, -0.25) is 14.6 Å². The molecule has 2 aromatic rings. The Morgan fingerprint density at radius 2 is 1.78 bits per heavy atom. The molecule has 3 fully saturated rings. The molecule has 192 valence electrons. The van der Waals surface area contributed by atoms with Crippen molar-refractivity contribution in [2.24, 2.45) is 10.8 Å². The summed E-state index contributed by atoms with van der Waals surface area (Å²) < 4.78 is 47.2. The molecule has 0 saturated heterocycles. The van der Waals surface area contributed by atoms with E-state index in [1.807, 2.05) is 12.1 Å². The monoisotopic (exact) mass is 501 g/mol. The number of rotatable bonds is 6. The van der Waals surface area contributed by atoms with E-state index in [1.165, 1.54) is 30.5 Å². The summed E-state index contributed by atoms with van der Waals surface area (Å²) in [5.74, 6) is -1.00. The Bertz CT molecular complexity index is 1190.